The number of hydrogen-bond donors (Lipinski definition) is 2. The maximum absolute atomic E-state index is 10.0. The van der Waals surface area contributed by atoms with Crippen LogP contribution in [0.3, 0.4) is 0 Å². The van der Waals surface area contributed by atoms with Crippen molar-refractivity contribution >= 4 is 50.0 Å². The molecule has 0 spiro atoms. The number of carbonyl (C=O) groups excluding carboxylic acids is 1. The molecule has 0 aliphatic heterocycles. The molecule has 7 heteroatoms. The second-order valence-electron chi connectivity index (χ2n) is 1.86. The van der Waals surface area contributed by atoms with E-state index in [1.54, 1.807) is 0 Å². The van der Waals surface area contributed by atoms with Crippen LogP contribution in [0.2, 0.25) is 0 Å². The topological polar surface area (TPSA) is 143 Å². The van der Waals surface area contributed by atoms with Gasteiger partial charge in [-0.15, -0.1) is 0 Å². The van der Waals surface area contributed by atoms with Crippen molar-refractivity contribution in [1.82, 2.24) is 0 Å². The second-order valence-corrected chi connectivity index (χ2v) is 1.86. The Morgan fingerprint density at radius 2 is 1.83 bits per heavy atom. The van der Waals surface area contributed by atoms with Crippen LogP contribution in [0, 0.1) is 5.92 Å². The zero-order valence-corrected chi connectivity index (χ0v) is 6.07. The summed E-state index contributed by atoms with van der Waals surface area (Å²) in [6.07, 6.45) is 0.527. The van der Waals surface area contributed by atoms with Crippen LogP contribution in [0.4, 0.5) is 0 Å². The number of hydrogen-bond acceptors (Lipinski definition) is 3. The summed E-state index contributed by atoms with van der Waals surface area (Å²) in [6, 6.07) is -1.07. The van der Waals surface area contributed by atoms with Gasteiger partial charge in [0.1, 0.15) is 12.3 Å². The minimum atomic E-state index is -1.14. The van der Waals surface area contributed by atoms with Crippen LogP contribution in [0.1, 0.15) is 6.92 Å². The van der Waals surface area contributed by atoms with Gasteiger partial charge in [-0.2, -0.15) is 0 Å². The van der Waals surface area contributed by atoms with E-state index in [0.717, 1.165) is 0 Å². The van der Waals surface area contributed by atoms with Crippen molar-refractivity contribution in [3.8, 4) is 0 Å². The molecule has 6 nitrogen and oxygen atoms in total. The molecule has 0 radical (unpaired) electrons. The van der Waals surface area contributed by atoms with Gasteiger partial charge in [-0.1, -0.05) is 6.92 Å². The molecule has 0 amide bonds. The summed E-state index contributed by atoms with van der Waals surface area (Å²) in [4.78, 5) is 19.9. The third kappa shape index (κ3) is 8.38. The summed E-state index contributed by atoms with van der Waals surface area (Å²) in [7, 11) is 0. The van der Waals surface area contributed by atoms with E-state index in [-0.39, 0.29) is 48.7 Å². The van der Waals surface area contributed by atoms with Crippen molar-refractivity contribution in [1.29, 1.82) is 0 Å². The van der Waals surface area contributed by atoms with Crippen molar-refractivity contribution in [2.24, 2.45) is 11.7 Å². The second kappa shape index (κ2) is 11.3. The van der Waals surface area contributed by atoms with Crippen LogP contribution in [0.25, 0.3) is 0 Å². The zero-order valence-electron chi connectivity index (χ0n) is 6.07. The van der Waals surface area contributed by atoms with Gasteiger partial charge in [0.2, 0.25) is 0 Å². The zero-order chi connectivity index (χ0) is 7.44. The number of carbonyl (C=O) groups is 2. The van der Waals surface area contributed by atoms with Crippen LogP contribution in [0.5, 0.6) is 0 Å². The predicted octanol–water partition coefficient (Wildman–Crippen LogP) is -3.33. The van der Waals surface area contributed by atoms with E-state index in [9.17, 15) is 9.59 Å². The van der Waals surface area contributed by atoms with Crippen LogP contribution >= 0.6 is 0 Å². The summed E-state index contributed by atoms with van der Waals surface area (Å²) in [5.74, 6) is -1.75. The molecule has 0 rings (SSSR count). The van der Waals surface area contributed by atoms with Gasteiger partial charge >= 0.3 is 43.7 Å². The predicted molar refractivity (Wildman–Crippen MR) is 46.6 cm³/mol. The first-order chi connectivity index (χ1) is 4.09. The molecule has 2 unspecified atom stereocenters. The molecular weight excluding hydrogens is 194 g/mol. The van der Waals surface area contributed by atoms with E-state index in [4.69, 9.17) is 10.8 Å². The van der Waals surface area contributed by atoms with Crippen molar-refractivity contribution in [2.75, 3.05) is 0 Å². The molecule has 0 aromatic rings. The van der Waals surface area contributed by atoms with Crippen LogP contribution in [-0.2, 0) is 9.59 Å². The SMILES string of the molecule is CC(C=O)C(N)C(=O)O.O.O.[CaH2]. The molecule has 0 bridgehead atoms. The molecule has 0 aromatic heterocycles. The van der Waals surface area contributed by atoms with Crippen molar-refractivity contribution in [3.05, 3.63) is 0 Å². The van der Waals surface area contributed by atoms with E-state index in [0.29, 0.717) is 6.29 Å². The van der Waals surface area contributed by atoms with Crippen LogP contribution in [0.15, 0.2) is 0 Å². The number of aldehydes is 1. The number of rotatable bonds is 3. The van der Waals surface area contributed by atoms with E-state index >= 15 is 0 Å². The summed E-state index contributed by atoms with van der Waals surface area (Å²) >= 11 is 0. The molecule has 0 aromatic carbocycles. The maximum atomic E-state index is 10.0. The Balaban J connectivity index is -0.000000107. The number of aliphatic carboxylic acids is 1. The molecule has 0 saturated carbocycles. The number of carboxylic acids is 1. The Bertz CT molecular complexity index is 131. The van der Waals surface area contributed by atoms with Gasteiger partial charge in [-0.25, -0.2) is 0 Å². The normalized spacial score (nSPS) is 12.2. The third-order valence-corrected chi connectivity index (χ3v) is 1.07. The number of carboxylic acid groups (broad SMARTS) is 1. The summed E-state index contributed by atoms with van der Waals surface area (Å²) in [6.45, 7) is 1.46. The van der Waals surface area contributed by atoms with E-state index in [2.05, 4.69) is 0 Å². The molecule has 12 heavy (non-hydrogen) atoms. The molecule has 7 N–H and O–H groups in total. The number of nitrogens with two attached hydrogens (primary N) is 1. The Labute approximate surface area is 99.7 Å². The van der Waals surface area contributed by atoms with Gasteiger partial charge in [0, 0.05) is 5.92 Å². The van der Waals surface area contributed by atoms with Crippen LogP contribution in [-0.4, -0.2) is 72.1 Å². The van der Waals surface area contributed by atoms with Gasteiger partial charge in [-0.05, 0) is 0 Å². The van der Waals surface area contributed by atoms with E-state index in [1.807, 2.05) is 0 Å². The quantitative estimate of drug-likeness (QED) is 0.370. The monoisotopic (exact) mass is 209 g/mol. The summed E-state index contributed by atoms with van der Waals surface area (Å²) in [5, 5.41) is 8.20. The average molecular weight is 209 g/mol. The first-order valence-electron chi connectivity index (χ1n) is 2.53. The molecule has 0 heterocycles. The van der Waals surface area contributed by atoms with Crippen molar-refractivity contribution in [2.45, 2.75) is 13.0 Å². The van der Waals surface area contributed by atoms with Crippen LogP contribution < -0.4 is 5.73 Å². The Kier molecular flexibility index (Phi) is 21.4. The van der Waals surface area contributed by atoms with Crippen molar-refractivity contribution in [3.63, 3.8) is 0 Å². The van der Waals surface area contributed by atoms with Gasteiger partial charge in [0.25, 0.3) is 0 Å². The molecule has 2 atom stereocenters. The van der Waals surface area contributed by atoms with Gasteiger partial charge in [-0.3, -0.25) is 4.79 Å². The third-order valence-electron chi connectivity index (χ3n) is 1.07. The first kappa shape index (κ1) is 22.8. The first-order valence-corrected chi connectivity index (χ1v) is 2.53. The molecular formula is C5H15CaNO5. The van der Waals surface area contributed by atoms with Gasteiger partial charge in [0.05, 0.1) is 0 Å². The fourth-order valence-electron chi connectivity index (χ4n) is 0.310. The van der Waals surface area contributed by atoms with Gasteiger partial charge in [0.15, 0.2) is 0 Å². The van der Waals surface area contributed by atoms with Gasteiger partial charge < -0.3 is 26.6 Å². The minimum absolute atomic E-state index is 0. The van der Waals surface area contributed by atoms with Crippen molar-refractivity contribution < 1.29 is 25.6 Å². The average Bonchev–Trinajstić information content (AvgIpc) is 1.84. The molecule has 0 saturated heterocycles. The summed E-state index contributed by atoms with van der Waals surface area (Å²) < 4.78 is 0. The van der Waals surface area contributed by atoms with E-state index < -0.39 is 17.9 Å². The summed E-state index contributed by atoms with van der Waals surface area (Å²) in [5.41, 5.74) is 5.04. The standard InChI is InChI=1S/C5H9NO3.Ca.2H2O.2H/c1-3(2-7)4(6)5(8)9;;;;;/h2-4H,6H2,1H3,(H,8,9);;2*1H2;;. The Morgan fingerprint density at radius 3 is 1.92 bits per heavy atom. The van der Waals surface area contributed by atoms with E-state index in [1.165, 1.54) is 6.92 Å². The Hall–Kier alpha value is 0.280. The molecule has 72 valence electrons. The Morgan fingerprint density at radius 1 is 1.50 bits per heavy atom. The molecule has 0 aliphatic carbocycles. The molecule has 0 fully saturated rings. The molecule has 0 aliphatic rings. The fraction of sp³-hybridized carbons (Fsp3) is 0.600. The fourth-order valence-corrected chi connectivity index (χ4v) is 0.310.